The summed E-state index contributed by atoms with van der Waals surface area (Å²) in [6.45, 7) is 4.27. The molecular weight excluding hydrogens is 240 g/mol. The molecule has 4 heteroatoms. The summed E-state index contributed by atoms with van der Waals surface area (Å²) in [4.78, 5) is 12.0. The molecule has 2 unspecified atom stereocenters. The van der Waals surface area contributed by atoms with Crippen LogP contribution in [-0.4, -0.2) is 24.6 Å². The Bertz CT molecular complexity index is 426. The molecule has 0 radical (unpaired) electrons. The van der Waals surface area contributed by atoms with Crippen molar-refractivity contribution in [3.05, 3.63) is 29.8 Å². The molecule has 2 atom stereocenters. The Hall–Kier alpha value is -1.55. The van der Waals surface area contributed by atoms with Gasteiger partial charge in [-0.2, -0.15) is 0 Å². The monoisotopic (exact) mass is 262 g/mol. The predicted octanol–water partition coefficient (Wildman–Crippen LogP) is 1.62. The molecular formula is C15H22N2O2. The molecule has 4 nitrogen and oxygen atoms in total. The number of carbonyl (C=O) groups excluding carboxylic acids is 1. The summed E-state index contributed by atoms with van der Waals surface area (Å²) in [5, 5.41) is 2.97. The average Bonchev–Trinajstić information content (AvgIpc) is 3.22. The van der Waals surface area contributed by atoms with E-state index in [0.29, 0.717) is 18.2 Å². The van der Waals surface area contributed by atoms with Gasteiger partial charge in [0.15, 0.2) is 6.10 Å². The number of nitrogens with one attached hydrogen (secondary N) is 1. The molecule has 3 N–H and O–H groups in total. The van der Waals surface area contributed by atoms with Gasteiger partial charge in [0.1, 0.15) is 5.75 Å². The van der Waals surface area contributed by atoms with Crippen LogP contribution in [0.15, 0.2) is 24.3 Å². The van der Waals surface area contributed by atoms with Crippen molar-refractivity contribution >= 4 is 5.91 Å². The number of rotatable bonds is 6. The Labute approximate surface area is 114 Å². The molecule has 1 aliphatic carbocycles. The highest BCUT2D eigenvalue weighted by Gasteiger charge is 2.32. The van der Waals surface area contributed by atoms with Crippen molar-refractivity contribution in [1.29, 1.82) is 0 Å². The largest absolute Gasteiger partial charge is 0.481 e. The van der Waals surface area contributed by atoms with Crippen molar-refractivity contribution in [2.75, 3.05) is 6.54 Å². The van der Waals surface area contributed by atoms with Crippen LogP contribution in [0.3, 0.4) is 0 Å². The number of benzene rings is 1. The van der Waals surface area contributed by atoms with Crippen LogP contribution in [0.2, 0.25) is 0 Å². The van der Waals surface area contributed by atoms with E-state index in [2.05, 4.69) is 5.32 Å². The Kier molecular flexibility index (Phi) is 4.43. The summed E-state index contributed by atoms with van der Waals surface area (Å²) >= 11 is 0. The summed E-state index contributed by atoms with van der Waals surface area (Å²) in [7, 11) is 0. The van der Waals surface area contributed by atoms with Crippen LogP contribution >= 0.6 is 0 Å². The van der Waals surface area contributed by atoms with Crippen LogP contribution in [0.25, 0.3) is 0 Å². The quantitative estimate of drug-likeness (QED) is 0.818. The summed E-state index contributed by atoms with van der Waals surface area (Å²) in [5.74, 6) is 1.17. The predicted molar refractivity (Wildman–Crippen MR) is 75.0 cm³/mol. The first kappa shape index (κ1) is 13.9. The van der Waals surface area contributed by atoms with Crippen molar-refractivity contribution in [1.82, 2.24) is 5.32 Å². The van der Waals surface area contributed by atoms with Crippen LogP contribution in [0.4, 0.5) is 0 Å². The minimum Gasteiger partial charge on any atom is -0.481 e. The van der Waals surface area contributed by atoms with Gasteiger partial charge in [0, 0.05) is 12.6 Å². The van der Waals surface area contributed by atoms with E-state index in [1.54, 1.807) is 6.92 Å². The normalized spacial score (nSPS) is 17.6. The van der Waals surface area contributed by atoms with Crippen LogP contribution in [0.5, 0.6) is 5.75 Å². The summed E-state index contributed by atoms with van der Waals surface area (Å²) in [6, 6.07) is 7.78. The zero-order valence-electron chi connectivity index (χ0n) is 11.6. The number of carbonyl (C=O) groups is 1. The molecule has 1 aromatic rings. The highest BCUT2D eigenvalue weighted by Crippen LogP contribution is 2.32. The van der Waals surface area contributed by atoms with Gasteiger partial charge in [-0.3, -0.25) is 4.79 Å². The molecule has 2 rings (SSSR count). The maximum absolute atomic E-state index is 12.0. The van der Waals surface area contributed by atoms with E-state index >= 15 is 0 Å². The van der Waals surface area contributed by atoms with Gasteiger partial charge in [0.25, 0.3) is 5.91 Å². The van der Waals surface area contributed by atoms with Crippen LogP contribution in [0, 0.1) is 12.8 Å². The van der Waals surface area contributed by atoms with E-state index in [-0.39, 0.29) is 11.9 Å². The fourth-order valence-electron chi connectivity index (χ4n) is 2.04. The molecule has 0 bridgehead atoms. The van der Waals surface area contributed by atoms with Crippen molar-refractivity contribution in [2.45, 2.75) is 38.8 Å². The van der Waals surface area contributed by atoms with Crippen LogP contribution in [0.1, 0.15) is 25.3 Å². The Morgan fingerprint density at radius 3 is 2.58 bits per heavy atom. The van der Waals surface area contributed by atoms with E-state index in [1.807, 2.05) is 31.2 Å². The molecule has 0 aromatic heterocycles. The first-order valence-electron chi connectivity index (χ1n) is 6.84. The highest BCUT2D eigenvalue weighted by molar-refractivity contribution is 5.81. The highest BCUT2D eigenvalue weighted by atomic mass is 16.5. The molecule has 1 aromatic carbocycles. The zero-order valence-corrected chi connectivity index (χ0v) is 11.6. The van der Waals surface area contributed by atoms with Gasteiger partial charge in [-0.05, 0) is 44.7 Å². The average molecular weight is 262 g/mol. The van der Waals surface area contributed by atoms with E-state index in [0.717, 1.165) is 12.8 Å². The van der Waals surface area contributed by atoms with Crippen LogP contribution in [-0.2, 0) is 4.79 Å². The van der Waals surface area contributed by atoms with Gasteiger partial charge in [-0.1, -0.05) is 17.7 Å². The van der Waals surface area contributed by atoms with E-state index in [4.69, 9.17) is 10.5 Å². The molecule has 1 amide bonds. The van der Waals surface area contributed by atoms with Crippen molar-refractivity contribution in [3.8, 4) is 5.75 Å². The minimum absolute atomic E-state index is 0.0940. The number of amides is 1. The van der Waals surface area contributed by atoms with Crippen molar-refractivity contribution in [3.63, 3.8) is 0 Å². The molecule has 1 saturated carbocycles. The Balaban J connectivity index is 1.86. The third-order valence-electron chi connectivity index (χ3n) is 3.48. The van der Waals surface area contributed by atoms with E-state index in [1.165, 1.54) is 5.56 Å². The summed E-state index contributed by atoms with van der Waals surface area (Å²) in [6.07, 6.45) is 1.82. The van der Waals surface area contributed by atoms with Gasteiger partial charge >= 0.3 is 0 Å². The van der Waals surface area contributed by atoms with Crippen molar-refractivity contribution in [2.24, 2.45) is 11.7 Å². The smallest absolute Gasteiger partial charge is 0.261 e. The number of aryl methyl sites for hydroxylation is 1. The lowest BCUT2D eigenvalue weighted by molar-refractivity contribution is -0.128. The number of ether oxygens (including phenoxy) is 1. The first-order chi connectivity index (χ1) is 9.10. The summed E-state index contributed by atoms with van der Waals surface area (Å²) in [5.41, 5.74) is 6.84. The third kappa shape index (κ3) is 3.96. The second kappa shape index (κ2) is 6.06. The van der Waals surface area contributed by atoms with Gasteiger partial charge in [-0.15, -0.1) is 0 Å². The third-order valence-corrected chi connectivity index (χ3v) is 3.48. The fraction of sp³-hybridized carbons (Fsp3) is 0.533. The van der Waals surface area contributed by atoms with Gasteiger partial charge in [0.05, 0.1) is 0 Å². The molecule has 1 aliphatic rings. The number of hydrogen-bond donors (Lipinski definition) is 2. The molecule has 0 heterocycles. The lowest BCUT2D eigenvalue weighted by atomic mass is 10.2. The lowest BCUT2D eigenvalue weighted by Crippen LogP contribution is -2.46. The van der Waals surface area contributed by atoms with Gasteiger partial charge < -0.3 is 15.8 Å². The lowest BCUT2D eigenvalue weighted by Gasteiger charge is -2.20. The zero-order chi connectivity index (χ0) is 13.8. The molecule has 0 spiro atoms. The Morgan fingerprint density at radius 1 is 1.42 bits per heavy atom. The maximum atomic E-state index is 12.0. The SMILES string of the molecule is Cc1ccc(OC(C)C(=O)NC(CN)C2CC2)cc1. The molecule has 0 saturated heterocycles. The molecule has 0 aliphatic heterocycles. The molecule has 1 fully saturated rings. The minimum atomic E-state index is -0.504. The second-order valence-corrected chi connectivity index (χ2v) is 5.26. The summed E-state index contributed by atoms with van der Waals surface area (Å²) < 4.78 is 5.62. The first-order valence-corrected chi connectivity index (χ1v) is 6.84. The van der Waals surface area contributed by atoms with Crippen molar-refractivity contribution < 1.29 is 9.53 Å². The van der Waals surface area contributed by atoms with E-state index in [9.17, 15) is 4.79 Å². The standard InChI is InChI=1S/C15H22N2O2/c1-10-3-7-13(8-4-10)19-11(2)15(18)17-14(9-16)12-5-6-12/h3-4,7-8,11-12,14H,5-6,9,16H2,1-2H3,(H,17,18). The topological polar surface area (TPSA) is 64.3 Å². The molecule has 19 heavy (non-hydrogen) atoms. The number of hydrogen-bond acceptors (Lipinski definition) is 3. The van der Waals surface area contributed by atoms with Crippen LogP contribution < -0.4 is 15.8 Å². The molecule has 104 valence electrons. The second-order valence-electron chi connectivity index (χ2n) is 5.26. The Morgan fingerprint density at radius 2 is 2.05 bits per heavy atom. The van der Waals surface area contributed by atoms with Gasteiger partial charge in [0.2, 0.25) is 0 Å². The maximum Gasteiger partial charge on any atom is 0.261 e. The number of nitrogens with two attached hydrogens (primary N) is 1. The fourth-order valence-corrected chi connectivity index (χ4v) is 2.04. The van der Waals surface area contributed by atoms with E-state index < -0.39 is 6.10 Å². The van der Waals surface area contributed by atoms with Gasteiger partial charge in [-0.25, -0.2) is 0 Å².